The summed E-state index contributed by atoms with van der Waals surface area (Å²) in [5.41, 5.74) is 1.93. The molecular weight excluding hydrogens is 493 g/mol. The molecule has 0 saturated heterocycles. The van der Waals surface area contributed by atoms with Crippen LogP contribution in [-0.2, 0) is 0 Å². The van der Waals surface area contributed by atoms with Gasteiger partial charge in [0.05, 0.1) is 11.7 Å². The predicted molar refractivity (Wildman–Crippen MR) is 98.0 cm³/mol. The number of anilines is 1. The Hall–Kier alpha value is 0.260. The lowest BCUT2D eigenvalue weighted by atomic mass is 10.1. The van der Waals surface area contributed by atoms with Gasteiger partial charge in [-0.15, -0.1) is 0 Å². The number of halogens is 5. The summed E-state index contributed by atoms with van der Waals surface area (Å²) < 4.78 is 2.92. The summed E-state index contributed by atoms with van der Waals surface area (Å²) in [6.45, 7) is 2.04. The highest BCUT2D eigenvalue weighted by Gasteiger charge is 2.14. The summed E-state index contributed by atoms with van der Waals surface area (Å²) in [5, 5.41) is 4.80. The van der Waals surface area contributed by atoms with Crippen LogP contribution in [0.5, 0.6) is 0 Å². The van der Waals surface area contributed by atoms with Crippen LogP contribution in [0.1, 0.15) is 18.5 Å². The molecule has 0 amide bonds. The van der Waals surface area contributed by atoms with E-state index in [1.807, 2.05) is 31.2 Å². The van der Waals surface area contributed by atoms with Gasteiger partial charge in [0.25, 0.3) is 0 Å². The third-order valence-electron chi connectivity index (χ3n) is 2.79. The molecule has 0 bridgehead atoms. The van der Waals surface area contributed by atoms with Crippen molar-refractivity contribution in [2.45, 2.75) is 13.0 Å². The smallest absolute Gasteiger partial charge is 0.0634 e. The van der Waals surface area contributed by atoms with Gasteiger partial charge in [-0.2, -0.15) is 0 Å². The molecule has 0 fully saturated rings. The van der Waals surface area contributed by atoms with Gasteiger partial charge < -0.3 is 5.32 Å². The van der Waals surface area contributed by atoms with Crippen LogP contribution >= 0.6 is 71.0 Å². The molecule has 0 spiro atoms. The Morgan fingerprint density at radius 1 is 1.00 bits per heavy atom. The van der Waals surface area contributed by atoms with Crippen molar-refractivity contribution in [1.82, 2.24) is 0 Å². The van der Waals surface area contributed by atoms with Gasteiger partial charge in [0, 0.05) is 23.5 Å². The fraction of sp³-hybridized carbons (Fsp3) is 0.143. The predicted octanol–water partition coefficient (Wildman–Crippen LogP) is 7.45. The van der Waals surface area contributed by atoms with E-state index in [9.17, 15) is 0 Å². The lowest BCUT2D eigenvalue weighted by Gasteiger charge is -2.19. The van der Waals surface area contributed by atoms with Gasteiger partial charge in [0.2, 0.25) is 0 Å². The molecule has 0 aromatic heterocycles. The van der Waals surface area contributed by atoms with Crippen molar-refractivity contribution in [3.8, 4) is 0 Å². The minimum Gasteiger partial charge on any atom is -0.377 e. The molecule has 1 nitrogen and oxygen atoms in total. The summed E-state index contributed by atoms with van der Waals surface area (Å²) in [6.07, 6.45) is 0. The molecule has 0 aliphatic heterocycles. The first-order valence-electron chi connectivity index (χ1n) is 5.74. The Morgan fingerprint density at radius 3 is 2.20 bits per heavy atom. The second-order valence-electron chi connectivity index (χ2n) is 4.28. The van der Waals surface area contributed by atoms with Gasteiger partial charge in [0.1, 0.15) is 0 Å². The van der Waals surface area contributed by atoms with Crippen LogP contribution < -0.4 is 5.32 Å². The van der Waals surface area contributed by atoms with Crippen LogP contribution in [0.15, 0.2) is 43.7 Å². The van der Waals surface area contributed by atoms with Gasteiger partial charge >= 0.3 is 0 Å². The van der Waals surface area contributed by atoms with Gasteiger partial charge in [0.15, 0.2) is 0 Å². The van der Waals surface area contributed by atoms with Crippen molar-refractivity contribution in [3.63, 3.8) is 0 Å². The molecule has 1 unspecified atom stereocenters. The van der Waals surface area contributed by atoms with Crippen LogP contribution in [0.4, 0.5) is 5.69 Å². The van der Waals surface area contributed by atoms with Crippen molar-refractivity contribution in [2.75, 3.05) is 5.32 Å². The molecule has 1 N–H and O–H groups in total. The molecule has 106 valence electrons. The molecule has 2 aromatic rings. The highest BCUT2D eigenvalue weighted by molar-refractivity contribution is 9.11. The zero-order valence-corrected chi connectivity index (χ0v) is 16.6. The summed E-state index contributed by atoms with van der Waals surface area (Å²) in [7, 11) is 0. The number of hydrogen-bond donors (Lipinski definition) is 1. The van der Waals surface area contributed by atoms with Crippen LogP contribution in [0.25, 0.3) is 0 Å². The van der Waals surface area contributed by atoms with Crippen molar-refractivity contribution in [1.29, 1.82) is 0 Å². The molecule has 6 heteroatoms. The van der Waals surface area contributed by atoms with Gasteiger partial charge in [-0.05, 0) is 74.7 Å². The lowest BCUT2D eigenvalue weighted by molar-refractivity contribution is 0.882. The summed E-state index contributed by atoms with van der Waals surface area (Å²) >= 11 is 22.8. The summed E-state index contributed by atoms with van der Waals surface area (Å²) in [4.78, 5) is 0. The molecule has 2 rings (SSSR count). The minimum absolute atomic E-state index is 0.0231. The maximum atomic E-state index is 6.23. The minimum atomic E-state index is 0.0231. The van der Waals surface area contributed by atoms with Crippen LogP contribution in [0.2, 0.25) is 10.0 Å². The average molecular weight is 503 g/mol. The summed E-state index contributed by atoms with van der Waals surface area (Å²) in [5.74, 6) is 0. The first-order valence-corrected chi connectivity index (χ1v) is 8.88. The van der Waals surface area contributed by atoms with E-state index >= 15 is 0 Å². The Labute approximate surface area is 153 Å². The SMILES string of the molecule is CC(Nc1c(Br)cc(Br)cc1Br)c1cc(Cl)ccc1Cl. The number of nitrogens with one attached hydrogen (secondary N) is 1. The maximum Gasteiger partial charge on any atom is 0.0634 e. The quantitative estimate of drug-likeness (QED) is 0.459. The van der Waals surface area contributed by atoms with E-state index in [1.54, 1.807) is 6.07 Å². The topological polar surface area (TPSA) is 12.0 Å². The van der Waals surface area contributed by atoms with Crippen LogP contribution in [-0.4, -0.2) is 0 Å². The average Bonchev–Trinajstić information content (AvgIpc) is 2.36. The second kappa shape index (κ2) is 7.01. The molecule has 2 aromatic carbocycles. The van der Waals surface area contributed by atoms with E-state index in [2.05, 4.69) is 53.1 Å². The van der Waals surface area contributed by atoms with E-state index < -0.39 is 0 Å². The molecular formula is C14H10Br3Cl2N. The molecule has 20 heavy (non-hydrogen) atoms. The molecule has 0 saturated carbocycles. The molecule has 0 radical (unpaired) electrons. The van der Waals surface area contributed by atoms with Gasteiger partial charge in [-0.1, -0.05) is 39.1 Å². The van der Waals surface area contributed by atoms with Crippen molar-refractivity contribution in [2.24, 2.45) is 0 Å². The Balaban J connectivity index is 2.32. The zero-order valence-electron chi connectivity index (χ0n) is 10.4. The van der Waals surface area contributed by atoms with Crippen molar-refractivity contribution in [3.05, 3.63) is 59.4 Å². The normalized spacial score (nSPS) is 12.3. The Morgan fingerprint density at radius 2 is 1.60 bits per heavy atom. The first-order chi connectivity index (χ1) is 9.38. The molecule has 0 aliphatic carbocycles. The number of rotatable bonds is 3. The third kappa shape index (κ3) is 3.92. The number of benzene rings is 2. The highest BCUT2D eigenvalue weighted by Crippen LogP contribution is 2.37. The molecule has 0 aliphatic rings. The van der Waals surface area contributed by atoms with Crippen LogP contribution in [0.3, 0.4) is 0 Å². The fourth-order valence-electron chi connectivity index (χ4n) is 1.82. The first kappa shape index (κ1) is 16.6. The fourth-order valence-corrected chi connectivity index (χ4v) is 4.77. The Kier molecular flexibility index (Phi) is 5.83. The summed E-state index contributed by atoms with van der Waals surface area (Å²) in [6, 6.07) is 9.46. The largest absolute Gasteiger partial charge is 0.377 e. The zero-order chi connectivity index (χ0) is 14.9. The van der Waals surface area contributed by atoms with Crippen molar-refractivity contribution >= 4 is 76.7 Å². The maximum absolute atomic E-state index is 6.23. The molecule has 1 atom stereocenters. The van der Waals surface area contributed by atoms with Gasteiger partial charge in [-0.25, -0.2) is 0 Å². The van der Waals surface area contributed by atoms with E-state index in [1.165, 1.54) is 0 Å². The Bertz CT molecular complexity index is 623. The van der Waals surface area contributed by atoms with Gasteiger partial charge in [-0.3, -0.25) is 0 Å². The van der Waals surface area contributed by atoms with E-state index in [0.717, 1.165) is 24.7 Å². The van der Waals surface area contributed by atoms with Crippen LogP contribution in [0, 0.1) is 0 Å². The lowest BCUT2D eigenvalue weighted by Crippen LogP contribution is -2.08. The number of hydrogen-bond acceptors (Lipinski definition) is 1. The van der Waals surface area contributed by atoms with E-state index in [4.69, 9.17) is 23.2 Å². The van der Waals surface area contributed by atoms with E-state index in [0.29, 0.717) is 10.0 Å². The molecule has 0 heterocycles. The monoisotopic (exact) mass is 499 g/mol. The third-order valence-corrected chi connectivity index (χ3v) is 5.08. The standard InChI is InChI=1S/C14H10Br3Cl2N/c1-7(10-6-9(18)2-3-13(10)19)20-14-11(16)4-8(15)5-12(14)17/h2-7,20H,1H3. The van der Waals surface area contributed by atoms with E-state index in [-0.39, 0.29) is 6.04 Å². The second-order valence-corrected chi connectivity index (χ2v) is 7.74. The highest BCUT2D eigenvalue weighted by atomic mass is 79.9. The van der Waals surface area contributed by atoms with Crippen molar-refractivity contribution < 1.29 is 0 Å².